The smallest absolute Gasteiger partial charge is 0.389 e. The van der Waals surface area contributed by atoms with Gasteiger partial charge in [-0.05, 0) is 26.3 Å². The van der Waals surface area contributed by atoms with E-state index >= 15 is 0 Å². The topological polar surface area (TPSA) is 47.3 Å². The molecule has 0 aliphatic carbocycles. The molecule has 0 atom stereocenters. The zero-order valence-electron chi connectivity index (χ0n) is 11.1. The van der Waals surface area contributed by atoms with Crippen LogP contribution in [0.5, 0.6) is 5.75 Å². The van der Waals surface area contributed by atoms with Crippen LogP contribution in [0, 0.1) is 0 Å². The Labute approximate surface area is 110 Å². The lowest BCUT2D eigenvalue weighted by Crippen LogP contribution is -2.11. The fraction of sp³-hybridized carbons (Fsp3) is 0.538. The lowest BCUT2D eigenvalue weighted by Gasteiger charge is -2.13. The van der Waals surface area contributed by atoms with Gasteiger partial charge in [0.15, 0.2) is 0 Å². The van der Waals surface area contributed by atoms with Crippen molar-refractivity contribution in [1.82, 2.24) is 0 Å². The Hall–Kier alpha value is -1.59. The molecule has 6 heteroatoms. The molecule has 1 rings (SSSR count). The van der Waals surface area contributed by atoms with Crippen LogP contribution in [0.4, 0.5) is 24.5 Å². The third kappa shape index (κ3) is 6.79. The number of alkyl halides is 3. The molecule has 3 nitrogen and oxygen atoms in total. The van der Waals surface area contributed by atoms with Gasteiger partial charge in [0.2, 0.25) is 0 Å². The second-order valence-corrected chi connectivity index (χ2v) is 4.60. The summed E-state index contributed by atoms with van der Waals surface area (Å²) in [5, 5.41) is 2.91. The van der Waals surface area contributed by atoms with E-state index in [9.17, 15) is 13.2 Å². The van der Waals surface area contributed by atoms with Crippen LogP contribution in [0.2, 0.25) is 0 Å². The van der Waals surface area contributed by atoms with E-state index < -0.39 is 12.6 Å². The summed E-state index contributed by atoms with van der Waals surface area (Å²) < 4.78 is 41.5. The maximum Gasteiger partial charge on any atom is 0.389 e. The number of anilines is 2. The number of nitrogens with one attached hydrogen (secondary N) is 1. The van der Waals surface area contributed by atoms with Gasteiger partial charge in [-0.25, -0.2) is 0 Å². The van der Waals surface area contributed by atoms with E-state index in [1.54, 1.807) is 18.2 Å². The molecule has 108 valence electrons. The summed E-state index contributed by atoms with van der Waals surface area (Å²) >= 11 is 0. The standard InChI is InChI=1S/C13H19F3N2O/c1-9(2)19-12-7-10(17)6-11(8-12)18-5-3-4-13(14,15)16/h6-9,18H,3-5,17H2,1-2H3. The van der Waals surface area contributed by atoms with E-state index in [1.807, 2.05) is 13.8 Å². The monoisotopic (exact) mass is 276 g/mol. The number of hydrogen-bond acceptors (Lipinski definition) is 3. The van der Waals surface area contributed by atoms with E-state index in [4.69, 9.17) is 10.5 Å². The van der Waals surface area contributed by atoms with Crippen LogP contribution in [0.1, 0.15) is 26.7 Å². The minimum atomic E-state index is -4.11. The van der Waals surface area contributed by atoms with Crippen molar-refractivity contribution in [3.63, 3.8) is 0 Å². The predicted octanol–water partition coefficient (Wildman–Crippen LogP) is 3.81. The summed E-state index contributed by atoms with van der Waals surface area (Å²) in [5.41, 5.74) is 6.88. The van der Waals surface area contributed by atoms with E-state index in [0.29, 0.717) is 17.1 Å². The van der Waals surface area contributed by atoms with Crippen LogP contribution in [0.25, 0.3) is 0 Å². The molecule has 0 aliphatic rings. The van der Waals surface area contributed by atoms with Gasteiger partial charge >= 0.3 is 6.18 Å². The zero-order valence-corrected chi connectivity index (χ0v) is 11.1. The van der Waals surface area contributed by atoms with Crippen molar-refractivity contribution >= 4 is 11.4 Å². The van der Waals surface area contributed by atoms with Crippen molar-refractivity contribution in [2.75, 3.05) is 17.6 Å². The van der Waals surface area contributed by atoms with Crippen molar-refractivity contribution < 1.29 is 17.9 Å². The van der Waals surface area contributed by atoms with Crippen LogP contribution in [-0.2, 0) is 0 Å². The zero-order chi connectivity index (χ0) is 14.5. The van der Waals surface area contributed by atoms with Crippen LogP contribution in [0.15, 0.2) is 18.2 Å². The summed E-state index contributed by atoms with van der Waals surface area (Å²) in [6.45, 7) is 4.02. The summed E-state index contributed by atoms with van der Waals surface area (Å²) in [6.07, 6.45) is -4.86. The molecule has 0 fully saturated rings. The molecule has 0 spiro atoms. The fourth-order valence-corrected chi connectivity index (χ4v) is 1.59. The van der Waals surface area contributed by atoms with Crippen molar-refractivity contribution in [2.24, 2.45) is 0 Å². The number of ether oxygens (including phenoxy) is 1. The van der Waals surface area contributed by atoms with Crippen molar-refractivity contribution in [3.8, 4) is 5.75 Å². The Morgan fingerprint density at radius 3 is 2.53 bits per heavy atom. The minimum Gasteiger partial charge on any atom is -0.491 e. The Balaban J connectivity index is 2.51. The molecule has 0 radical (unpaired) electrons. The third-order valence-electron chi connectivity index (χ3n) is 2.27. The highest BCUT2D eigenvalue weighted by Gasteiger charge is 2.25. The molecule has 0 amide bonds. The third-order valence-corrected chi connectivity index (χ3v) is 2.27. The molecule has 0 unspecified atom stereocenters. The van der Waals surface area contributed by atoms with Crippen molar-refractivity contribution in [1.29, 1.82) is 0 Å². The second-order valence-electron chi connectivity index (χ2n) is 4.60. The van der Waals surface area contributed by atoms with E-state index in [1.165, 1.54) is 0 Å². The van der Waals surface area contributed by atoms with Gasteiger partial charge in [0.25, 0.3) is 0 Å². The summed E-state index contributed by atoms with van der Waals surface area (Å²) in [5.74, 6) is 0.605. The van der Waals surface area contributed by atoms with Gasteiger partial charge in [-0.3, -0.25) is 0 Å². The Morgan fingerprint density at radius 2 is 1.95 bits per heavy atom. The first-order chi connectivity index (χ1) is 8.76. The van der Waals surface area contributed by atoms with E-state index in [-0.39, 0.29) is 19.1 Å². The molecule has 0 saturated carbocycles. The molecule has 1 aromatic rings. The predicted molar refractivity (Wildman–Crippen MR) is 70.4 cm³/mol. The molecular formula is C13H19F3N2O. The highest BCUT2D eigenvalue weighted by molar-refractivity contribution is 5.59. The highest BCUT2D eigenvalue weighted by atomic mass is 19.4. The van der Waals surface area contributed by atoms with Crippen LogP contribution in [-0.4, -0.2) is 18.8 Å². The summed E-state index contributed by atoms with van der Waals surface area (Å²) in [4.78, 5) is 0. The van der Waals surface area contributed by atoms with Crippen molar-refractivity contribution in [3.05, 3.63) is 18.2 Å². The second kappa shape index (κ2) is 6.54. The molecule has 0 saturated heterocycles. The average Bonchev–Trinajstić information content (AvgIpc) is 2.21. The SMILES string of the molecule is CC(C)Oc1cc(N)cc(NCCCC(F)(F)F)c1. The molecule has 1 aromatic carbocycles. The number of rotatable bonds is 6. The molecule has 0 aliphatic heterocycles. The maximum atomic E-state index is 12.0. The van der Waals surface area contributed by atoms with Gasteiger partial charge in [0.1, 0.15) is 5.75 Å². The van der Waals surface area contributed by atoms with Gasteiger partial charge in [-0.2, -0.15) is 13.2 Å². The highest BCUT2D eigenvalue weighted by Crippen LogP contribution is 2.24. The number of nitrogen functional groups attached to an aromatic ring is 1. The molecular weight excluding hydrogens is 257 g/mol. The number of nitrogens with two attached hydrogens (primary N) is 1. The Bertz CT molecular complexity index is 405. The molecule has 0 heterocycles. The maximum absolute atomic E-state index is 12.0. The lowest BCUT2D eigenvalue weighted by atomic mass is 10.2. The minimum absolute atomic E-state index is 0.0138. The first kappa shape index (κ1) is 15.5. The first-order valence-electron chi connectivity index (χ1n) is 6.14. The molecule has 19 heavy (non-hydrogen) atoms. The normalized spacial score (nSPS) is 11.7. The van der Waals surface area contributed by atoms with Crippen LogP contribution < -0.4 is 15.8 Å². The van der Waals surface area contributed by atoms with Gasteiger partial charge in [-0.1, -0.05) is 0 Å². The van der Waals surface area contributed by atoms with E-state index in [0.717, 1.165) is 0 Å². The largest absolute Gasteiger partial charge is 0.491 e. The Kier molecular flexibility index (Phi) is 5.32. The van der Waals surface area contributed by atoms with Gasteiger partial charge in [-0.15, -0.1) is 0 Å². The Morgan fingerprint density at radius 1 is 1.26 bits per heavy atom. The van der Waals surface area contributed by atoms with Gasteiger partial charge < -0.3 is 15.8 Å². The van der Waals surface area contributed by atoms with E-state index in [2.05, 4.69) is 5.32 Å². The number of halogens is 3. The molecule has 3 N–H and O–H groups in total. The number of benzene rings is 1. The summed E-state index contributed by atoms with van der Waals surface area (Å²) in [6, 6.07) is 5.08. The van der Waals surface area contributed by atoms with Crippen molar-refractivity contribution in [2.45, 2.75) is 39.0 Å². The average molecular weight is 276 g/mol. The number of hydrogen-bond donors (Lipinski definition) is 2. The quantitative estimate of drug-likeness (QED) is 0.613. The lowest BCUT2D eigenvalue weighted by molar-refractivity contribution is -0.134. The van der Waals surface area contributed by atoms with Crippen LogP contribution in [0.3, 0.4) is 0 Å². The van der Waals surface area contributed by atoms with Gasteiger partial charge in [0, 0.05) is 36.5 Å². The first-order valence-corrected chi connectivity index (χ1v) is 6.14. The molecule has 0 bridgehead atoms. The fourth-order valence-electron chi connectivity index (χ4n) is 1.59. The summed E-state index contributed by atoms with van der Waals surface area (Å²) in [7, 11) is 0. The van der Waals surface area contributed by atoms with Gasteiger partial charge in [0.05, 0.1) is 6.10 Å². The molecule has 0 aromatic heterocycles. The van der Waals surface area contributed by atoms with Crippen LogP contribution >= 0.6 is 0 Å².